The molecule has 0 radical (unpaired) electrons. The first-order chi connectivity index (χ1) is 9.62. The lowest BCUT2D eigenvalue weighted by molar-refractivity contribution is 0.479. The summed E-state index contributed by atoms with van der Waals surface area (Å²) in [6.07, 6.45) is 2.98. The lowest BCUT2D eigenvalue weighted by atomic mass is 10.1. The molecule has 0 saturated carbocycles. The van der Waals surface area contributed by atoms with Gasteiger partial charge in [0.1, 0.15) is 0 Å². The zero-order valence-corrected chi connectivity index (χ0v) is 12.7. The van der Waals surface area contributed by atoms with Crippen molar-refractivity contribution in [3.05, 3.63) is 24.3 Å². The lowest BCUT2D eigenvalue weighted by Crippen LogP contribution is -2.35. The highest BCUT2D eigenvalue weighted by atomic mass is 32.2. The van der Waals surface area contributed by atoms with Gasteiger partial charge in [-0.25, -0.2) is 13.1 Å². The Bertz CT molecular complexity index is 508. The Morgan fingerprint density at radius 1 is 1.20 bits per heavy atom. The topological polar surface area (TPSA) is 70.2 Å². The van der Waals surface area contributed by atoms with Crippen LogP contribution < -0.4 is 15.4 Å². The minimum absolute atomic E-state index is 0.321. The van der Waals surface area contributed by atoms with Gasteiger partial charge in [0.15, 0.2) is 0 Å². The van der Waals surface area contributed by atoms with Crippen molar-refractivity contribution < 1.29 is 8.42 Å². The Morgan fingerprint density at radius 3 is 2.45 bits per heavy atom. The van der Waals surface area contributed by atoms with Crippen LogP contribution in [0.25, 0.3) is 0 Å². The number of hydrogen-bond donors (Lipinski definition) is 3. The van der Waals surface area contributed by atoms with Gasteiger partial charge in [0, 0.05) is 18.3 Å². The van der Waals surface area contributed by atoms with Crippen molar-refractivity contribution in [2.75, 3.05) is 25.0 Å². The molecule has 0 amide bonds. The van der Waals surface area contributed by atoms with Crippen molar-refractivity contribution in [2.24, 2.45) is 0 Å². The third-order valence-corrected chi connectivity index (χ3v) is 4.89. The van der Waals surface area contributed by atoms with E-state index in [2.05, 4.69) is 15.4 Å². The Labute approximate surface area is 121 Å². The highest BCUT2D eigenvalue weighted by molar-refractivity contribution is 7.89. The van der Waals surface area contributed by atoms with Crippen molar-refractivity contribution in [1.29, 1.82) is 0 Å². The second-order valence-corrected chi connectivity index (χ2v) is 6.86. The van der Waals surface area contributed by atoms with Gasteiger partial charge in [-0.05, 0) is 56.6 Å². The van der Waals surface area contributed by atoms with Crippen LogP contribution in [-0.2, 0) is 10.0 Å². The van der Waals surface area contributed by atoms with Crippen molar-refractivity contribution >= 4 is 15.7 Å². The van der Waals surface area contributed by atoms with Gasteiger partial charge >= 0.3 is 0 Å². The summed E-state index contributed by atoms with van der Waals surface area (Å²) in [5.74, 6) is 0. The van der Waals surface area contributed by atoms with E-state index in [1.54, 1.807) is 12.1 Å². The van der Waals surface area contributed by atoms with Crippen molar-refractivity contribution in [3.8, 4) is 0 Å². The molecule has 1 aromatic carbocycles. The summed E-state index contributed by atoms with van der Waals surface area (Å²) >= 11 is 0. The molecule has 0 aromatic heterocycles. The van der Waals surface area contributed by atoms with E-state index in [1.165, 1.54) is 0 Å². The lowest BCUT2D eigenvalue weighted by Gasteiger charge is -2.24. The molecule has 20 heavy (non-hydrogen) atoms. The number of hydrogen-bond acceptors (Lipinski definition) is 4. The summed E-state index contributed by atoms with van der Waals surface area (Å²) in [7, 11) is -3.36. The van der Waals surface area contributed by atoms with E-state index in [9.17, 15) is 8.42 Å². The van der Waals surface area contributed by atoms with Gasteiger partial charge in [-0.3, -0.25) is 0 Å². The van der Waals surface area contributed by atoms with Crippen LogP contribution in [-0.4, -0.2) is 34.1 Å². The minimum Gasteiger partial charge on any atom is -0.382 e. The molecule has 1 fully saturated rings. The van der Waals surface area contributed by atoms with Crippen molar-refractivity contribution in [3.63, 3.8) is 0 Å². The summed E-state index contributed by atoms with van der Waals surface area (Å²) in [6, 6.07) is 7.45. The molecule has 2 rings (SSSR count). The summed E-state index contributed by atoms with van der Waals surface area (Å²) in [4.78, 5) is 0.321. The molecule has 5 nitrogen and oxygen atoms in total. The maximum absolute atomic E-state index is 12.0. The third-order valence-electron chi connectivity index (χ3n) is 3.42. The number of anilines is 1. The van der Waals surface area contributed by atoms with Crippen LogP contribution in [0.4, 0.5) is 5.69 Å². The summed E-state index contributed by atoms with van der Waals surface area (Å²) in [5, 5.41) is 6.77. The predicted octanol–water partition coefficient (Wildman–Crippen LogP) is 1.54. The Balaban J connectivity index is 1.98. The van der Waals surface area contributed by atoms with Gasteiger partial charge in [0.2, 0.25) is 10.0 Å². The quantitative estimate of drug-likeness (QED) is 0.745. The fourth-order valence-electron chi connectivity index (χ4n) is 2.25. The molecule has 0 bridgehead atoms. The van der Waals surface area contributed by atoms with Crippen molar-refractivity contribution in [1.82, 2.24) is 10.0 Å². The van der Waals surface area contributed by atoms with E-state index < -0.39 is 10.0 Å². The molecule has 1 aliphatic heterocycles. The van der Waals surface area contributed by atoms with Crippen LogP contribution >= 0.6 is 0 Å². The average Bonchev–Trinajstić information content (AvgIpc) is 2.47. The average molecular weight is 297 g/mol. The van der Waals surface area contributed by atoms with Crippen LogP contribution in [0, 0.1) is 0 Å². The highest BCUT2D eigenvalue weighted by Gasteiger charge is 2.14. The van der Waals surface area contributed by atoms with Crippen LogP contribution in [0.3, 0.4) is 0 Å². The maximum atomic E-state index is 12.0. The normalized spacial score (nSPS) is 17.1. The van der Waals surface area contributed by atoms with Crippen LogP contribution in [0.5, 0.6) is 0 Å². The first kappa shape index (κ1) is 15.3. The van der Waals surface area contributed by atoms with Crippen molar-refractivity contribution in [2.45, 2.75) is 37.1 Å². The number of piperidine rings is 1. The molecule has 0 unspecified atom stereocenters. The van der Waals surface area contributed by atoms with Crippen LogP contribution in [0.1, 0.15) is 26.2 Å². The Hall–Kier alpha value is -1.11. The number of rotatable bonds is 6. The largest absolute Gasteiger partial charge is 0.382 e. The van der Waals surface area contributed by atoms with Gasteiger partial charge in [-0.2, -0.15) is 0 Å². The monoisotopic (exact) mass is 297 g/mol. The summed E-state index contributed by atoms with van der Waals surface area (Å²) in [6.45, 7) is 4.47. The molecular formula is C14H23N3O2S. The zero-order valence-electron chi connectivity index (χ0n) is 11.9. The molecular weight excluding hydrogens is 274 g/mol. The molecule has 0 atom stereocenters. The number of sulfonamides is 1. The molecule has 1 heterocycles. The molecule has 1 aliphatic rings. The maximum Gasteiger partial charge on any atom is 0.240 e. The molecule has 3 N–H and O–H groups in total. The van der Waals surface area contributed by atoms with E-state index in [-0.39, 0.29) is 0 Å². The first-order valence-corrected chi connectivity index (χ1v) is 8.67. The van der Waals surface area contributed by atoms with Crippen LogP contribution in [0.15, 0.2) is 29.2 Å². The van der Waals surface area contributed by atoms with E-state index in [0.717, 1.165) is 38.0 Å². The summed E-state index contributed by atoms with van der Waals surface area (Å²) in [5.41, 5.74) is 0.978. The molecule has 1 saturated heterocycles. The first-order valence-electron chi connectivity index (χ1n) is 7.19. The Kier molecular flexibility index (Phi) is 5.39. The fourth-order valence-corrected chi connectivity index (χ4v) is 3.39. The number of nitrogens with one attached hydrogen (secondary N) is 3. The molecule has 6 heteroatoms. The molecule has 0 aliphatic carbocycles. The van der Waals surface area contributed by atoms with Gasteiger partial charge in [-0.15, -0.1) is 0 Å². The molecule has 112 valence electrons. The van der Waals surface area contributed by atoms with E-state index in [0.29, 0.717) is 17.5 Å². The fraction of sp³-hybridized carbons (Fsp3) is 0.571. The third kappa shape index (κ3) is 4.19. The second-order valence-electron chi connectivity index (χ2n) is 5.09. The van der Waals surface area contributed by atoms with Gasteiger partial charge < -0.3 is 10.6 Å². The highest BCUT2D eigenvalue weighted by Crippen LogP contribution is 2.17. The van der Waals surface area contributed by atoms with E-state index >= 15 is 0 Å². The standard InChI is InChI=1S/C14H23N3O2S/c1-2-9-16-20(18,19)14-5-3-12(4-6-14)17-13-7-10-15-11-8-13/h3-6,13,15-17H,2,7-11H2,1H3. The summed E-state index contributed by atoms with van der Waals surface area (Å²) < 4.78 is 26.5. The molecule has 0 spiro atoms. The van der Waals surface area contributed by atoms with Crippen LogP contribution in [0.2, 0.25) is 0 Å². The smallest absolute Gasteiger partial charge is 0.240 e. The van der Waals surface area contributed by atoms with E-state index in [4.69, 9.17) is 0 Å². The molecule has 1 aromatic rings. The second kappa shape index (κ2) is 7.06. The van der Waals surface area contributed by atoms with E-state index in [1.807, 2.05) is 19.1 Å². The Morgan fingerprint density at radius 2 is 1.85 bits per heavy atom. The van der Waals surface area contributed by atoms with Gasteiger partial charge in [-0.1, -0.05) is 6.92 Å². The SMILES string of the molecule is CCCNS(=O)(=O)c1ccc(NC2CCNCC2)cc1. The zero-order chi connectivity index (χ0) is 14.4. The van der Waals surface area contributed by atoms with Gasteiger partial charge in [0.05, 0.1) is 4.90 Å². The predicted molar refractivity (Wildman–Crippen MR) is 81.4 cm³/mol. The number of benzene rings is 1. The minimum atomic E-state index is -3.36. The van der Waals surface area contributed by atoms with Gasteiger partial charge in [0.25, 0.3) is 0 Å².